The maximum Gasteiger partial charge on any atom is 0.238 e. The van der Waals surface area contributed by atoms with Crippen molar-refractivity contribution < 1.29 is 13.2 Å². The number of hydrogen-bond acceptors (Lipinski definition) is 5. The average molecular weight is 475 g/mol. The number of sulfonamides is 1. The molecule has 33 heavy (non-hydrogen) atoms. The Morgan fingerprint density at radius 2 is 1.79 bits per heavy atom. The number of carbonyl (C=O) groups is 1. The minimum atomic E-state index is -3.19. The number of piperidine rings is 2. The summed E-state index contributed by atoms with van der Waals surface area (Å²) in [6.45, 7) is 8.73. The smallest absolute Gasteiger partial charge is 0.238 e. The van der Waals surface area contributed by atoms with Gasteiger partial charge in [-0.15, -0.1) is 0 Å². The lowest BCUT2D eigenvalue weighted by Gasteiger charge is -2.33. The highest BCUT2D eigenvalue weighted by Gasteiger charge is 2.32. The molecule has 0 unspecified atom stereocenters. The van der Waals surface area contributed by atoms with Crippen LogP contribution in [0.25, 0.3) is 0 Å². The molecule has 8 heteroatoms. The second-order valence-electron chi connectivity index (χ2n) is 10.0. The van der Waals surface area contributed by atoms with Gasteiger partial charge in [0.1, 0.15) is 6.04 Å². The Bertz CT molecular complexity index is 947. The molecule has 3 rings (SSSR count). The van der Waals surface area contributed by atoms with Gasteiger partial charge in [0.15, 0.2) is 0 Å². The summed E-state index contributed by atoms with van der Waals surface area (Å²) in [7, 11) is -3.19. The van der Waals surface area contributed by atoms with E-state index in [9.17, 15) is 18.5 Å². The molecule has 2 N–H and O–H groups in total. The fraction of sp³-hybridized carbons (Fsp3) is 0.680. The van der Waals surface area contributed by atoms with Crippen LogP contribution in [0.4, 0.5) is 0 Å². The minimum absolute atomic E-state index is 0.0969. The topological polar surface area (TPSA) is 102 Å². The fourth-order valence-electron chi connectivity index (χ4n) is 4.86. The van der Waals surface area contributed by atoms with Crippen LogP contribution in [0.1, 0.15) is 70.4 Å². The number of nitrogens with zero attached hydrogens (tertiary/aromatic N) is 2. The van der Waals surface area contributed by atoms with Crippen molar-refractivity contribution in [3.8, 4) is 6.07 Å². The number of nitrogens with one attached hydrogen (secondary N) is 2. The standard InChI is InChI=1S/C25H38N4O3S/c1-17(2)33(31,32)29-13-11-22(12-14-29)21-9-7-20(8-10-21)15-23(16-26)28-25(30)24-18(3)5-6-19(4)27-24/h7-10,17-19,22-24,27H,5-6,11-15H2,1-4H3,(H,28,30)/t18-,19+,23+,24+/m1/s1. The van der Waals surface area contributed by atoms with Crippen molar-refractivity contribution in [3.63, 3.8) is 0 Å². The summed E-state index contributed by atoms with van der Waals surface area (Å²) in [4.78, 5) is 12.7. The van der Waals surface area contributed by atoms with E-state index < -0.39 is 16.1 Å². The lowest BCUT2D eigenvalue weighted by molar-refractivity contribution is -0.125. The van der Waals surface area contributed by atoms with E-state index in [-0.39, 0.29) is 23.1 Å². The summed E-state index contributed by atoms with van der Waals surface area (Å²) in [6, 6.07) is 9.91. The Hall–Kier alpha value is -1.95. The van der Waals surface area contributed by atoms with Crippen LogP contribution in [0.5, 0.6) is 0 Å². The van der Waals surface area contributed by atoms with E-state index in [1.807, 2.05) is 12.1 Å². The van der Waals surface area contributed by atoms with E-state index in [0.717, 1.165) is 31.2 Å². The summed E-state index contributed by atoms with van der Waals surface area (Å²) >= 11 is 0. The van der Waals surface area contributed by atoms with Crippen LogP contribution in [0, 0.1) is 17.2 Å². The normalized spacial score (nSPS) is 26.0. The van der Waals surface area contributed by atoms with Gasteiger partial charge in [-0.3, -0.25) is 4.79 Å². The van der Waals surface area contributed by atoms with Gasteiger partial charge in [-0.1, -0.05) is 31.2 Å². The van der Waals surface area contributed by atoms with E-state index >= 15 is 0 Å². The predicted octanol–water partition coefficient (Wildman–Crippen LogP) is 2.93. The van der Waals surface area contributed by atoms with Gasteiger partial charge < -0.3 is 10.6 Å². The molecule has 2 aliphatic rings. The first-order valence-electron chi connectivity index (χ1n) is 12.2. The summed E-state index contributed by atoms with van der Waals surface area (Å²) in [5, 5.41) is 15.5. The summed E-state index contributed by atoms with van der Waals surface area (Å²) in [5.74, 6) is 0.493. The lowest BCUT2D eigenvalue weighted by atomic mass is 9.88. The summed E-state index contributed by atoms with van der Waals surface area (Å²) < 4.78 is 26.4. The maximum absolute atomic E-state index is 12.7. The molecule has 1 amide bonds. The number of rotatable bonds is 7. The first-order chi connectivity index (χ1) is 15.6. The Balaban J connectivity index is 1.54. The van der Waals surface area contributed by atoms with Gasteiger partial charge >= 0.3 is 0 Å². The van der Waals surface area contributed by atoms with Crippen LogP contribution in [0.15, 0.2) is 24.3 Å². The molecular formula is C25H38N4O3S. The number of carbonyl (C=O) groups excluding carboxylic acids is 1. The average Bonchev–Trinajstić information content (AvgIpc) is 2.80. The van der Waals surface area contributed by atoms with Crippen molar-refractivity contribution in [3.05, 3.63) is 35.4 Å². The van der Waals surface area contributed by atoms with Crippen molar-refractivity contribution in [1.82, 2.24) is 14.9 Å². The van der Waals surface area contributed by atoms with E-state index in [2.05, 4.69) is 42.7 Å². The Kier molecular flexibility index (Phi) is 8.54. The summed E-state index contributed by atoms with van der Waals surface area (Å²) in [6.07, 6.45) is 4.16. The van der Waals surface area contributed by atoms with Crippen molar-refractivity contribution in [2.45, 2.75) is 89.1 Å². The molecule has 0 saturated carbocycles. The monoisotopic (exact) mass is 474 g/mol. The lowest BCUT2D eigenvalue weighted by Crippen LogP contribution is -2.55. The SMILES string of the molecule is CC(C)S(=O)(=O)N1CCC(c2ccc(C[C@@H](C#N)NC(=O)[C@H]3N[C@@H](C)CC[C@H]3C)cc2)CC1. The van der Waals surface area contributed by atoms with Crippen LogP contribution in [0.2, 0.25) is 0 Å². The molecule has 0 aromatic heterocycles. The summed E-state index contributed by atoms with van der Waals surface area (Å²) in [5.41, 5.74) is 2.20. The maximum atomic E-state index is 12.7. The van der Waals surface area contributed by atoms with Crippen LogP contribution in [0.3, 0.4) is 0 Å². The van der Waals surface area contributed by atoms with Gasteiger partial charge in [0.05, 0.1) is 17.4 Å². The van der Waals surface area contributed by atoms with Gasteiger partial charge in [0, 0.05) is 25.6 Å². The zero-order valence-corrected chi connectivity index (χ0v) is 21.1. The fourth-order valence-corrected chi connectivity index (χ4v) is 6.18. The number of hydrogen-bond donors (Lipinski definition) is 2. The third kappa shape index (κ3) is 6.34. The second kappa shape index (κ2) is 11.0. The third-order valence-corrected chi connectivity index (χ3v) is 9.42. The quantitative estimate of drug-likeness (QED) is 0.633. The van der Waals surface area contributed by atoms with E-state index in [1.54, 1.807) is 18.2 Å². The molecule has 0 bridgehead atoms. The molecule has 182 valence electrons. The first kappa shape index (κ1) is 25.7. The van der Waals surface area contributed by atoms with Crippen LogP contribution >= 0.6 is 0 Å². The van der Waals surface area contributed by atoms with Crippen molar-refractivity contribution in [1.29, 1.82) is 5.26 Å². The molecule has 2 fully saturated rings. The van der Waals surface area contributed by atoms with Gasteiger partial charge in [-0.2, -0.15) is 5.26 Å². The van der Waals surface area contributed by atoms with Crippen LogP contribution < -0.4 is 10.6 Å². The number of nitriles is 1. The van der Waals surface area contributed by atoms with Crippen LogP contribution in [-0.4, -0.2) is 55.1 Å². The highest BCUT2D eigenvalue weighted by atomic mass is 32.2. The van der Waals surface area contributed by atoms with Crippen LogP contribution in [-0.2, 0) is 21.2 Å². The van der Waals surface area contributed by atoms with E-state index in [1.165, 1.54) is 5.56 Å². The predicted molar refractivity (Wildman–Crippen MR) is 130 cm³/mol. The molecule has 2 heterocycles. The molecule has 2 saturated heterocycles. The first-order valence-corrected chi connectivity index (χ1v) is 13.7. The molecular weight excluding hydrogens is 436 g/mol. The minimum Gasteiger partial charge on any atom is -0.339 e. The molecule has 1 aromatic carbocycles. The number of amides is 1. The zero-order chi connectivity index (χ0) is 24.2. The number of benzene rings is 1. The molecule has 4 atom stereocenters. The van der Waals surface area contributed by atoms with Gasteiger partial charge in [0.25, 0.3) is 0 Å². The highest BCUT2D eigenvalue weighted by molar-refractivity contribution is 7.89. The second-order valence-corrected chi connectivity index (χ2v) is 12.5. The molecule has 0 spiro atoms. The van der Waals surface area contributed by atoms with Crippen molar-refractivity contribution in [2.24, 2.45) is 5.92 Å². The molecule has 2 aliphatic heterocycles. The van der Waals surface area contributed by atoms with E-state index in [4.69, 9.17) is 0 Å². The van der Waals surface area contributed by atoms with E-state index in [0.29, 0.717) is 31.5 Å². The zero-order valence-electron chi connectivity index (χ0n) is 20.3. The molecule has 7 nitrogen and oxygen atoms in total. The third-order valence-electron chi connectivity index (χ3n) is 7.14. The Morgan fingerprint density at radius 3 is 2.36 bits per heavy atom. The highest BCUT2D eigenvalue weighted by Crippen LogP contribution is 2.30. The van der Waals surface area contributed by atoms with Gasteiger partial charge in [0.2, 0.25) is 15.9 Å². The molecule has 0 aliphatic carbocycles. The van der Waals surface area contributed by atoms with Crippen molar-refractivity contribution >= 4 is 15.9 Å². The molecule has 1 aromatic rings. The molecule has 0 radical (unpaired) electrons. The van der Waals surface area contributed by atoms with Crippen molar-refractivity contribution in [2.75, 3.05) is 13.1 Å². The van der Waals surface area contributed by atoms with Gasteiger partial charge in [-0.25, -0.2) is 12.7 Å². The largest absolute Gasteiger partial charge is 0.339 e. The Labute approximate surface area is 199 Å². The van der Waals surface area contributed by atoms with Gasteiger partial charge in [-0.05, 0) is 69.4 Å². The Morgan fingerprint density at radius 1 is 1.15 bits per heavy atom.